The van der Waals surface area contributed by atoms with Crippen LogP contribution in [0.25, 0.3) is 0 Å². The molecule has 3 rings (SSSR count). The first-order chi connectivity index (χ1) is 13.4. The van der Waals surface area contributed by atoms with Crippen LogP contribution < -0.4 is 10.1 Å². The van der Waals surface area contributed by atoms with Gasteiger partial charge in [0.15, 0.2) is 0 Å². The van der Waals surface area contributed by atoms with Crippen LogP contribution in [0.1, 0.15) is 45.4 Å². The summed E-state index contributed by atoms with van der Waals surface area (Å²) in [6.45, 7) is 2.15. The van der Waals surface area contributed by atoms with Gasteiger partial charge in [-0.1, -0.05) is 37.8 Å². The van der Waals surface area contributed by atoms with Crippen molar-refractivity contribution in [3.63, 3.8) is 0 Å². The van der Waals surface area contributed by atoms with Crippen molar-refractivity contribution in [3.05, 3.63) is 23.2 Å². The van der Waals surface area contributed by atoms with Gasteiger partial charge in [0.25, 0.3) is 5.91 Å². The highest BCUT2D eigenvalue weighted by Gasteiger charge is 2.55. The number of rotatable bonds is 6. The summed E-state index contributed by atoms with van der Waals surface area (Å²) in [6, 6.07) is 4.53. The fourth-order valence-corrected chi connectivity index (χ4v) is 4.11. The molecule has 1 saturated carbocycles. The lowest BCUT2D eigenvalue weighted by Crippen LogP contribution is -2.49. The van der Waals surface area contributed by atoms with Crippen LogP contribution in [0.4, 0.5) is 10.5 Å². The van der Waals surface area contributed by atoms with E-state index in [1.54, 1.807) is 25.2 Å². The Morgan fingerprint density at radius 1 is 1.25 bits per heavy atom. The molecule has 1 heterocycles. The molecule has 1 aliphatic heterocycles. The number of benzene rings is 1. The van der Waals surface area contributed by atoms with Crippen LogP contribution in [0.15, 0.2) is 18.2 Å². The summed E-state index contributed by atoms with van der Waals surface area (Å²) in [5.41, 5.74) is -0.369. The molecule has 152 valence electrons. The number of halogens is 1. The van der Waals surface area contributed by atoms with Crippen LogP contribution in [-0.2, 0) is 9.59 Å². The second-order valence-corrected chi connectivity index (χ2v) is 7.80. The Morgan fingerprint density at radius 3 is 2.64 bits per heavy atom. The standard InChI is InChI=1S/C20H26ClN3O4/c1-3-11-28-16-8-7-14(21)12-15(16)22-17(25)13-24-18(26)20(23(2)19(24)27)9-5-4-6-10-20/h7-8,12H,3-6,9-11,13H2,1-2H3,(H,22,25). The van der Waals surface area contributed by atoms with Crippen molar-refractivity contribution in [2.24, 2.45) is 0 Å². The minimum absolute atomic E-state index is 0.275. The third kappa shape index (κ3) is 3.81. The summed E-state index contributed by atoms with van der Waals surface area (Å²) in [4.78, 5) is 40.8. The zero-order valence-corrected chi connectivity index (χ0v) is 17.1. The number of imide groups is 1. The van der Waals surface area contributed by atoms with Crippen molar-refractivity contribution in [3.8, 4) is 5.75 Å². The monoisotopic (exact) mass is 407 g/mol. The van der Waals surface area contributed by atoms with Gasteiger partial charge in [0.1, 0.15) is 17.8 Å². The Bertz CT molecular complexity index is 777. The molecular weight excluding hydrogens is 382 g/mol. The van der Waals surface area contributed by atoms with E-state index >= 15 is 0 Å². The Hall–Kier alpha value is -2.28. The van der Waals surface area contributed by atoms with Crippen LogP contribution >= 0.6 is 11.6 Å². The molecule has 1 aromatic carbocycles. The lowest BCUT2D eigenvalue weighted by atomic mass is 9.81. The second kappa shape index (κ2) is 8.39. The van der Waals surface area contributed by atoms with Crippen LogP contribution in [0, 0.1) is 0 Å². The largest absolute Gasteiger partial charge is 0.491 e. The number of anilines is 1. The maximum atomic E-state index is 13.0. The SMILES string of the molecule is CCCOc1ccc(Cl)cc1NC(=O)CN1C(=O)N(C)C2(CCCCC2)C1=O. The van der Waals surface area contributed by atoms with Gasteiger partial charge < -0.3 is 15.0 Å². The predicted octanol–water partition coefficient (Wildman–Crippen LogP) is 3.66. The molecule has 1 spiro atoms. The summed E-state index contributed by atoms with van der Waals surface area (Å²) < 4.78 is 5.63. The number of nitrogens with one attached hydrogen (secondary N) is 1. The van der Waals surface area contributed by atoms with Gasteiger partial charge in [-0.25, -0.2) is 4.79 Å². The number of amides is 4. The third-order valence-electron chi connectivity index (χ3n) is 5.46. The number of hydrogen-bond acceptors (Lipinski definition) is 4. The summed E-state index contributed by atoms with van der Waals surface area (Å²) in [5.74, 6) is -0.241. The molecule has 0 aromatic heterocycles. The molecule has 1 saturated heterocycles. The highest BCUT2D eigenvalue weighted by atomic mass is 35.5. The Labute approximate surface area is 169 Å². The molecule has 2 fully saturated rings. The molecule has 7 nitrogen and oxygen atoms in total. The van der Waals surface area contributed by atoms with Crippen LogP contribution in [0.2, 0.25) is 5.02 Å². The van der Waals surface area contributed by atoms with Gasteiger partial charge in [0.05, 0.1) is 12.3 Å². The Morgan fingerprint density at radius 2 is 1.96 bits per heavy atom. The van der Waals surface area contributed by atoms with Gasteiger partial charge in [0, 0.05) is 12.1 Å². The Kier molecular flexibility index (Phi) is 6.13. The van der Waals surface area contributed by atoms with E-state index in [4.69, 9.17) is 16.3 Å². The van der Waals surface area contributed by atoms with Crippen LogP contribution in [-0.4, -0.2) is 53.4 Å². The molecule has 1 aliphatic carbocycles. The van der Waals surface area contributed by atoms with Crippen LogP contribution in [0.5, 0.6) is 5.75 Å². The quantitative estimate of drug-likeness (QED) is 0.730. The zero-order valence-electron chi connectivity index (χ0n) is 16.3. The van der Waals surface area contributed by atoms with Crippen LogP contribution in [0.3, 0.4) is 0 Å². The van der Waals surface area contributed by atoms with E-state index in [9.17, 15) is 14.4 Å². The van der Waals surface area contributed by atoms with E-state index in [2.05, 4.69) is 5.32 Å². The summed E-state index contributed by atoms with van der Waals surface area (Å²) in [6.07, 6.45) is 4.99. The smallest absolute Gasteiger partial charge is 0.327 e. The first-order valence-electron chi connectivity index (χ1n) is 9.71. The summed E-state index contributed by atoms with van der Waals surface area (Å²) in [7, 11) is 1.65. The molecule has 1 N–H and O–H groups in total. The topological polar surface area (TPSA) is 79.0 Å². The second-order valence-electron chi connectivity index (χ2n) is 7.36. The minimum atomic E-state index is -0.791. The van der Waals surface area contributed by atoms with Gasteiger partial charge in [-0.05, 0) is 37.5 Å². The Balaban J connectivity index is 1.72. The molecule has 28 heavy (non-hydrogen) atoms. The lowest BCUT2D eigenvalue weighted by Gasteiger charge is -2.35. The van der Waals surface area contributed by atoms with Crippen molar-refractivity contribution in [1.29, 1.82) is 0 Å². The maximum absolute atomic E-state index is 13.0. The lowest BCUT2D eigenvalue weighted by molar-refractivity contribution is -0.136. The number of likely N-dealkylation sites (N-methyl/N-ethyl adjacent to an activating group) is 1. The number of hydrogen-bond donors (Lipinski definition) is 1. The normalized spacial score (nSPS) is 18.7. The van der Waals surface area contributed by atoms with E-state index in [-0.39, 0.29) is 12.5 Å². The van der Waals surface area contributed by atoms with Crippen molar-refractivity contribution >= 4 is 35.1 Å². The van der Waals surface area contributed by atoms with Gasteiger partial charge in [-0.2, -0.15) is 0 Å². The molecule has 0 atom stereocenters. The van der Waals surface area contributed by atoms with E-state index in [0.717, 1.165) is 30.6 Å². The first-order valence-corrected chi connectivity index (χ1v) is 10.1. The highest BCUT2D eigenvalue weighted by molar-refractivity contribution is 6.31. The molecule has 0 unspecified atom stereocenters. The maximum Gasteiger partial charge on any atom is 0.327 e. The number of carbonyl (C=O) groups is 3. The molecule has 0 radical (unpaired) electrons. The van der Waals surface area contributed by atoms with E-state index < -0.39 is 17.5 Å². The highest BCUT2D eigenvalue weighted by Crippen LogP contribution is 2.39. The van der Waals surface area contributed by atoms with Crippen molar-refractivity contribution in [1.82, 2.24) is 9.80 Å². The van der Waals surface area contributed by atoms with Crippen molar-refractivity contribution in [2.75, 3.05) is 25.5 Å². The average Bonchev–Trinajstić information content (AvgIpc) is 2.84. The van der Waals surface area contributed by atoms with Gasteiger partial charge in [-0.15, -0.1) is 0 Å². The zero-order chi connectivity index (χ0) is 20.3. The number of urea groups is 1. The number of carbonyl (C=O) groups excluding carboxylic acids is 3. The minimum Gasteiger partial charge on any atom is -0.491 e. The van der Waals surface area contributed by atoms with Crippen molar-refractivity contribution in [2.45, 2.75) is 51.0 Å². The van der Waals surface area contributed by atoms with E-state index in [1.807, 2.05) is 6.92 Å². The first kappa shape index (κ1) is 20.5. The van der Waals surface area contributed by atoms with E-state index in [0.29, 0.717) is 35.9 Å². The third-order valence-corrected chi connectivity index (χ3v) is 5.70. The van der Waals surface area contributed by atoms with Gasteiger partial charge in [-0.3, -0.25) is 14.5 Å². The van der Waals surface area contributed by atoms with Crippen molar-refractivity contribution < 1.29 is 19.1 Å². The van der Waals surface area contributed by atoms with E-state index in [1.165, 1.54) is 4.90 Å². The molecule has 8 heteroatoms. The van der Waals surface area contributed by atoms with Gasteiger partial charge in [0.2, 0.25) is 5.91 Å². The molecule has 4 amide bonds. The fraction of sp³-hybridized carbons (Fsp3) is 0.550. The number of nitrogens with zero attached hydrogens (tertiary/aromatic N) is 2. The molecular formula is C20H26ClN3O4. The average molecular weight is 408 g/mol. The molecule has 2 aliphatic rings. The molecule has 0 bridgehead atoms. The summed E-state index contributed by atoms with van der Waals surface area (Å²) >= 11 is 6.04. The predicted molar refractivity (Wildman–Crippen MR) is 107 cm³/mol. The van der Waals surface area contributed by atoms with Gasteiger partial charge >= 0.3 is 6.03 Å². The molecule has 1 aromatic rings. The number of ether oxygens (including phenoxy) is 1. The fourth-order valence-electron chi connectivity index (χ4n) is 3.94. The summed E-state index contributed by atoms with van der Waals surface area (Å²) in [5, 5.41) is 3.17.